The maximum atomic E-state index is 17.2. The number of alkyl halides is 1. The fourth-order valence-electron chi connectivity index (χ4n) is 9.24. The Labute approximate surface area is 582 Å². The van der Waals surface area contributed by atoms with Gasteiger partial charge in [-0.15, -0.1) is 11.6 Å². The highest BCUT2D eigenvalue weighted by molar-refractivity contribution is 6.17. The van der Waals surface area contributed by atoms with Crippen LogP contribution in [0.1, 0.15) is 84.8 Å². The number of hydrogen-bond acceptors (Lipinski definition) is 29. The van der Waals surface area contributed by atoms with Gasteiger partial charge in [-0.25, -0.2) is 8.78 Å². The van der Waals surface area contributed by atoms with Crippen molar-refractivity contribution >= 4 is 99.5 Å². The van der Waals surface area contributed by atoms with Crippen molar-refractivity contribution in [1.29, 1.82) is 0 Å². The molecule has 0 fully saturated rings. The van der Waals surface area contributed by atoms with Gasteiger partial charge < -0.3 is 90.7 Å². The van der Waals surface area contributed by atoms with Crippen molar-refractivity contribution in [2.45, 2.75) is 87.1 Å². The minimum Gasteiger partial charge on any atom is -0.488 e. The summed E-state index contributed by atoms with van der Waals surface area (Å²) in [5.41, 5.74) is -1.38. The van der Waals surface area contributed by atoms with E-state index in [1.165, 1.54) is 42.2 Å². The first-order valence-electron chi connectivity index (χ1n) is 31.3. The Balaban J connectivity index is 1.64. The summed E-state index contributed by atoms with van der Waals surface area (Å²) in [5.74, 6) is -12.3. The third kappa shape index (κ3) is 28.4. The second-order valence-corrected chi connectivity index (χ2v) is 22.1. The molecule has 0 saturated carbocycles. The molecule has 0 aromatic heterocycles. The first kappa shape index (κ1) is 81.3. The fourth-order valence-corrected chi connectivity index (χ4v) is 9.43. The van der Waals surface area contributed by atoms with E-state index >= 15 is 8.78 Å². The smallest absolute Gasteiger partial charge is 0.328 e. The van der Waals surface area contributed by atoms with Gasteiger partial charge in [-0.3, -0.25) is 57.5 Å². The van der Waals surface area contributed by atoms with E-state index in [2.05, 4.69) is 5.32 Å². The SMILES string of the molecule is CC(=O)OCOC(=O)CN(CC(=O)OCOC(C)=O)c1ccc(C)cc1OCCOc1cc(-c2c3cc(F)c(=O)cc-3oc3c(CN(CCC(=O)NCCOCCOCCCCCCCl)C(C)=O)c(OCOC(C)=O)c(F)cc23)ccc1N(CC(=O)OCOC(C)=O)CC(=O)OCOC(C)=O. The molecule has 5 rings (SSSR count). The lowest BCUT2D eigenvalue weighted by Gasteiger charge is -2.27. The molecule has 1 N–H and O–H groups in total. The number of amides is 2. The molecule has 2 amide bonds. The molecular weight excluding hydrogens is 1370 g/mol. The van der Waals surface area contributed by atoms with Crippen LogP contribution in [0.2, 0.25) is 0 Å². The molecule has 1 aliphatic carbocycles. The second kappa shape index (κ2) is 42.5. The summed E-state index contributed by atoms with van der Waals surface area (Å²) < 4.78 is 113. The van der Waals surface area contributed by atoms with Crippen LogP contribution >= 0.6 is 11.6 Å². The molecule has 0 saturated heterocycles. The summed E-state index contributed by atoms with van der Waals surface area (Å²) >= 11 is 5.73. The van der Waals surface area contributed by atoms with Crippen molar-refractivity contribution in [3.63, 3.8) is 0 Å². The van der Waals surface area contributed by atoms with Crippen molar-refractivity contribution in [2.24, 2.45) is 0 Å². The van der Waals surface area contributed by atoms with Crippen LogP contribution in [-0.4, -0.2) is 189 Å². The number of hydrogen-bond donors (Lipinski definition) is 1. The molecule has 3 aromatic rings. The molecular formula is C67H79ClF2N4O27. The Morgan fingerprint density at radius 1 is 0.525 bits per heavy atom. The van der Waals surface area contributed by atoms with Gasteiger partial charge in [0.15, 0.2) is 17.4 Å². The predicted molar refractivity (Wildman–Crippen MR) is 349 cm³/mol. The number of carbonyl (C=O) groups is 11. The van der Waals surface area contributed by atoms with Crippen molar-refractivity contribution in [3.8, 4) is 39.7 Å². The number of fused-ring (bicyclic) bond motifs is 2. The number of esters is 9. The van der Waals surface area contributed by atoms with E-state index in [0.29, 0.717) is 24.7 Å². The first-order chi connectivity index (χ1) is 48.2. The topological polar surface area (TPSA) is 369 Å². The average Bonchev–Trinajstić information content (AvgIpc) is 0.734. The monoisotopic (exact) mass is 1440 g/mol. The number of halogens is 3. The Kier molecular flexibility index (Phi) is 34.2. The molecule has 1 heterocycles. The van der Waals surface area contributed by atoms with E-state index in [4.69, 9.17) is 82.3 Å². The summed E-state index contributed by atoms with van der Waals surface area (Å²) in [5, 5.41) is 2.54. The van der Waals surface area contributed by atoms with Gasteiger partial charge in [-0.05, 0) is 67.3 Å². The number of anilines is 2. The van der Waals surface area contributed by atoms with Crippen LogP contribution in [-0.2, 0) is 111 Å². The number of nitrogens with zero attached hydrogens (tertiary/aromatic N) is 3. The third-order valence-corrected chi connectivity index (χ3v) is 14.2. The number of ether oxygens (including phenoxy) is 14. The lowest BCUT2D eigenvalue weighted by atomic mass is 9.91. The Morgan fingerprint density at radius 2 is 1.02 bits per heavy atom. The largest absolute Gasteiger partial charge is 0.488 e. The summed E-state index contributed by atoms with van der Waals surface area (Å²) in [6.45, 7) is 0.686. The normalized spacial score (nSPS) is 10.8. The Hall–Kier alpha value is -10.4. The predicted octanol–water partition coefficient (Wildman–Crippen LogP) is 6.06. The summed E-state index contributed by atoms with van der Waals surface area (Å²) in [4.78, 5) is 155. The number of nitrogens with one attached hydrogen (secondary N) is 1. The maximum Gasteiger partial charge on any atom is 0.328 e. The summed E-state index contributed by atoms with van der Waals surface area (Å²) in [6.07, 6.45) is 3.54. The van der Waals surface area contributed by atoms with Crippen LogP contribution in [0.4, 0.5) is 20.2 Å². The average molecular weight is 1450 g/mol. The molecule has 0 bridgehead atoms. The molecule has 31 nitrogen and oxygen atoms in total. The molecule has 0 radical (unpaired) electrons. The van der Waals surface area contributed by atoms with Crippen LogP contribution in [0.15, 0.2) is 63.8 Å². The van der Waals surface area contributed by atoms with Crippen molar-refractivity contribution in [2.75, 3.05) is 129 Å². The zero-order chi connectivity index (χ0) is 74.0. The lowest BCUT2D eigenvalue weighted by molar-refractivity contribution is -0.167. The van der Waals surface area contributed by atoms with Gasteiger partial charge in [0.25, 0.3) is 0 Å². The zero-order valence-electron chi connectivity index (χ0n) is 56.7. The summed E-state index contributed by atoms with van der Waals surface area (Å²) in [6, 6.07) is 11.1. The molecule has 34 heteroatoms. The zero-order valence-corrected chi connectivity index (χ0v) is 57.4. The molecule has 0 spiro atoms. The third-order valence-electron chi connectivity index (χ3n) is 13.9. The Bertz CT molecular complexity index is 3670. The molecule has 0 atom stereocenters. The number of benzene rings is 4. The molecule has 2 aliphatic rings. The van der Waals surface area contributed by atoms with Gasteiger partial charge in [0.1, 0.15) is 62.2 Å². The minimum atomic E-state index is -1.29. The van der Waals surface area contributed by atoms with Crippen LogP contribution in [0.3, 0.4) is 0 Å². The van der Waals surface area contributed by atoms with E-state index in [1.54, 1.807) is 13.0 Å². The Morgan fingerprint density at radius 3 is 1.53 bits per heavy atom. The highest BCUT2D eigenvalue weighted by Crippen LogP contribution is 2.46. The van der Waals surface area contributed by atoms with Crippen molar-refractivity contribution < 1.29 is 132 Å². The van der Waals surface area contributed by atoms with E-state index in [-0.39, 0.29) is 94.6 Å². The van der Waals surface area contributed by atoms with E-state index in [9.17, 15) is 57.5 Å². The van der Waals surface area contributed by atoms with Gasteiger partial charge >= 0.3 is 53.7 Å². The standard InChI is InChI=1S/C67H79ClF2N4O27/c1-41-12-14-54(73(32-61(83)96-36-91-43(3)76)33-62(84)97-37-92-44(4)77)58(26-41)89-24-25-90-59-27-48(13-15-55(59)74(34-63(85)98-38-93-45(5)78)35-64(86)99-39-94-46(6)79)65-49-28-52(69)56(81)30-57(49)101-66-50(65)29-53(70)67(100-40-95-47(7)80)51(66)31-72(42(2)75)19-16-60(82)71-18-21-88-23-22-87-20-11-9-8-10-17-68/h12-15,26-30H,8-11,16-25,31-40H2,1-7H3,(H,71,82). The molecule has 101 heavy (non-hydrogen) atoms. The number of unbranched alkanes of at least 4 members (excludes halogenated alkanes) is 3. The van der Waals surface area contributed by atoms with Gasteiger partial charge in [0.2, 0.25) is 51.2 Å². The first-order valence-corrected chi connectivity index (χ1v) is 31.9. The highest BCUT2D eigenvalue weighted by atomic mass is 35.5. The van der Waals surface area contributed by atoms with Crippen LogP contribution in [0.25, 0.3) is 33.4 Å². The maximum absolute atomic E-state index is 17.2. The second-order valence-electron chi connectivity index (χ2n) is 21.7. The van der Waals surface area contributed by atoms with E-state index < -0.39 is 168 Å². The van der Waals surface area contributed by atoms with Crippen molar-refractivity contribution in [1.82, 2.24) is 10.2 Å². The van der Waals surface area contributed by atoms with E-state index in [0.717, 1.165) is 88.3 Å². The van der Waals surface area contributed by atoms with Crippen LogP contribution in [0, 0.1) is 18.6 Å². The molecule has 0 unspecified atom stereocenters. The van der Waals surface area contributed by atoms with Gasteiger partial charge in [-0.1, -0.05) is 25.0 Å². The lowest BCUT2D eigenvalue weighted by Crippen LogP contribution is -2.37. The molecule has 1 aliphatic heterocycles. The van der Waals surface area contributed by atoms with Crippen molar-refractivity contribution in [3.05, 3.63) is 87.6 Å². The highest BCUT2D eigenvalue weighted by Gasteiger charge is 2.30. The quantitative estimate of drug-likeness (QED) is 0.0115. The van der Waals surface area contributed by atoms with Crippen LogP contribution < -0.4 is 34.8 Å². The number of carbonyl (C=O) groups excluding carboxylic acids is 11. The van der Waals surface area contributed by atoms with Crippen LogP contribution in [0.5, 0.6) is 17.2 Å². The number of aryl methyl sites for hydroxylation is 1. The van der Waals surface area contributed by atoms with Gasteiger partial charge in [-0.2, -0.15) is 0 Å². The molecule has 550 valence electrons. The molecule has 3 aromatic carbocycles. The van der Waals surface area contributed by atoms with Gasteiger partial charge in [0, 0.05) is 96.1 Å². The minimum absolute atomic E-state index is 0.00510. The fraction of sp³-hybridized carbons (Fsp3) is 0.463. The number of rotatable bonds is 44. The summed E-state index contributed by atoms with van der Waals surface area (Å²) in [7, 11) is 0. The van der Waals surface area contributed by atoms with Gasteiger partial charge in [0.05, 0.1) is 43.3 Å². The van der Waals surface area contributed by atoms with E-state index in [1.807, 2.05) is 0 Å².